The zero-order chi connectivity index (χ0) is 12.1. The molecule has 2 aromatic rings. The van der Waals surface area contributed by atoms with Gasteiger partial charge in [0.15, 0.2) is 0 Å². The minimum atomic E-state index is 0.0381. The lowest BCUT2D eigenvalue weighted by atomic mass is 9.89. The zero-order valence-corrected chi connectivity index (χ0v) is 10.7. The lowest BCUT2D eigenvalue weighted by Gasteiger charge is -2.13. The summed E-state index contributed by atoms with van der Waals surface area (Å²) in [7, 11) is 0. The van der Waals surface area contributed by atoms with Gasteiger partial charge >= 0.3 is 0 Å². The van der Waals surface area contributed by atoms with E-state index >= 15 is 0 Å². The number of hydrogen-bond acceptors (Lipinski definition) is 2. The molecule has 0 fully saturated rings. The van der Waals surface area contributed by atoms with Crippen LogP contribution in [-0.2, 0) is 11.2 Å². The van der Waals surface area contributed by atoms with Gasteiger partial charge in [-0.15, -0.1) is 0 Å². The Labute approximate surface area is 106 Å². The SMILES string of the molecule is CCC(C(=O)Cc1ccsc1)c1ccccc1. The van der Waals surface area contributed by atoms with E-state index in [1.54, 1.807) is 11.3 Å². The molecule has 0 aliphatic rings. The van der Waals surface area contributed by atoms with E-state index < -0.39 is 0 Å². The highest BCUT2D eigenvalue weighted by Gasteiger charge is 2.18. The van der Waals surface area contributed by atoms with Crippen LogP contribution in [0.1, 0.15) is 30.4 Å². The van der Waals surface area contributed by atoms with Crippen molar-refractivity contribution in [3.8, 4) is 0 Å². The molecule has 1 atom stereocenters. The first-order valence-electron chi connectivity index (χ1n) is 5.90. The summed E-state index contributed by atoms with van der Waals surface area (Å²) in [5, 5.41) is 4.07. The van der Waals surface area contributed by atoms with Crippen molar-refractivity contribution < 1.29 is 4.79 Å². The first kappa shape index (κ1) is 12.1. The Hall–Kier alpha value is -1.41. The summed E-state index contributed by atoms with van der Waals surface area (Å²) in [5.41, 5.74) is 2.27. The van der Waals surface area contributed by atoms with E-state index in [1.165, 1.54) is 0 Å². The van der Waals surface area contributed by atoms with Crippen LogP contribution in [0.4, 0.5) is 0 Å². The largest absolute Gasteiger partial charge is 0.299 e. The lowest BCUT2D eigenvalue weighted by molar-refractivity contribution is -0.119. The van der Waals surface area contributed by atoms with E-state index in [2.05, 4.69) is 12.3 Å². The van der Waals surface area contributed by atoms with Crippen molar-refractivity contribution in [3.05, 3.63) is 58.3 Å². The fourth-order valence-corrected chi connectivity index (χ4v) is 2.72. The first-order chi connectivity index (χ1) is 8.31. The highest BCUT2D eigenvalue weighted by Crippen LogP contribution is 2.22. The van der Waals surface area contributed by atoms with E-state index in [1.807, 2.05) is 41.8 Å². The Kier molecular flexibility index (Phi) is 4.10. The summed E-state index contributed by atoms with van der Waals surface area (Å²) in [4.78, 5) is 12.2. The molecule has 2 heteroatoms. The number of thiophene rings is 1. The fourth-order valence-electron chi connectivity index (χ4n) is 2.05. The molecule has 0 aliphatic carbocycles. The third-order valence-electron chi connectivity index (χ3n) is 2.96. The van der Waals surface area contributed by atoms with Crippen LogP contribution in [-0.4, -0.2) is 5.78 Å². The molecule has 0 amide bonds. The van der Waals surface area contributed by atoms with Gasteiger partial charge in [-0.2, -0.15) is 11.3 Å². The molecular weight excluding hydrogens is 228 g/mol. The molecule has 1 unspecified atom stereocenters. The van der Waals surface area contributed by atoms with Crippen LogP contribution in [0.3, 0.4) is 0 Å². The Morgan fingerprint density at radius 1 is 1.24 bits per heavy atom. The molecule has 1 heterocycles. The van der Waals surface area contributed by atoms with Crippen molar-refractivity contribution in [2.45, 2.75) is 25.7 Å². The van der Waals surface area contributed by atoms with Crippen LogP contribution >= 0.6 is 11.3 Å². The molecule has 0 N–H and O–H groups in total. The molecule has 2 rings (SSSR count). The Morgan fingerprint density at radius 3 is 2.59 bits per heavy atom. The summed E-state index contributed by atoms with van der Waals surface area (Å²) >= 11 is 1.64. The predicted octanol–water partition coefficient (Wildman–Crippen LogP) is 4.05. The van der Waals surface area contributed by atoms with Crippen molar-refractivity contribution in [1.82, 2.24) is 0 Å². The topological polar surface area (TPSA) is 17.1 Å². The van der Waals surface area contributed by atoms with Gasteiger partial charge in [0.25, 0.3) is 0 Å². The van der Waals surface area contributed by atoms with Gasteiger partial charge in [-0.25, -0.2) is 0 Å². The summed E-state index contributed by atoms with van der Waals surface area (Å²) < 4.78 is 0. The summed E-state index contributed by atoms with van der Waals surface area (Å²) in [6, 6.07) is 12.1. The van der Waals surface area contributed by atoms with Crippen LogP contribution in [0.25, 0.3) is 0 Å². The molecule has 1 aromatic carbocycles. The second-order valence-corrected chi connectivity index (χ2v) is 4.93. The number of hydrogen-bond donors (Lipinski definition) is 0. The maximum atomic E-state index is 12.2. The fraction of sp³-hybridized carbons (Fsp3) is 0.267. The maximum Gasteiger partial charge on any atom is 0.144 e. The van der Waals surface area contributed by atoms with Crippen molar-refractivity contribution in [2.24, 2.45) is 0 Å². The molecule has 0 bridgehead atoms. The molecule has 1 aromatic heterocycles. The second-order valence-electron chi connectivity index (χ2n) is 4.15. The molecule has 0 radical (unpaired) electrons. The van der Waals surface area contributed by atoms with Crippen LogP contribution in [0.5, 0.6) is 0 Å². The van der Waals surface area contributed by atoms with E-state index in [0.29, 0.717) is 12.2 Å². The number of carbonyl (C=O) groups is 1. The van der Waals surface area contributed by atoms with E-state index in [-0.39, 0.29) is 5.92 Å². The van der Waals surface area contributed by atoms with Crippen LogP contribution < -0.4 is 0 Å². The normalized spacial score (nSPS) is 12.3. The van der Waals surface area contributed by atoms with Gasteiger partial charge in [-0.05, 0) is 34.4 Å². The van der Waals surface area contributed by atoms with Crippen LogP contribution in [0.15, 0.2) is 47.2 Å². The van der Waals surface area contributed by atoms with E-state index in [4.69, 9.17) is 0 Å². The molecule has 1 nitrogen and oxygen atoms in total. The number of rotatable bonds is 5. The molecule has 0 aliphatic heterocycles. The Bertz CT molecular complexity index is 459. The van der Waals surface area contributed by atoms with Gasteiger partial charge in [0.05, 0.1) is 0 Å². The molecule has 0 saturated carbocycles. The molecule has 0 saturated heterocycles. The second kappa shape index (κ2) is 5.78. The number of ketones is 1. The molecular formula is C15H16OS. The number of Topliss-reactive ketones (excluding diaryl/α,β-unsaturated/α-hetero) is 1. The number of carbonyl (C=O) groups excluding carboxylic acids is 1. The molecule has 88 valence electrons. The highest BCUT2D eigenvalue weighted by molar-refractivity contribution is 7.08. The summed E-state index contributed by atoms with van der Waals surface area (Å²) in [5.74, 6) is 0.355. The van der Waals surface area contributed by atoms with Gasteiger partial charge in [-0.1, -0.05) is 37.3 Å². The minimum absolute atomic E-state index is 0.0381. The van der Waals surface area contributed by atoms with Gasteiger partial charge in [0.2, 0.25) is 0 Å². The molecule has 17 heavy (non-hydrogen) atoms. The van der Waals surface area contributed by atoms with E-state index in [0.717, 1.165) is 17.5 Å². The van der Waals surface area contributed by atoms with Gasteiger partial charge < -0.3 is 0 Å². The van der Waals surface area contributed by atoms with Crippen molar-refractivity contribution in [2.75, 3.05) is 0 Å². The maximum absolute atomic E-state index is 12.2. The highest BCUT2D eigenvalue weighted by atomic mass is 32.1. The minimum Gasteiger partial charge on any atom is -0.299 e. The van der Waals surface area contributed by atoms with Crippen molar-refractivity contribution >= 4 is 17.1 Å². The zero-order valence-electron chi connectivity index (χ0n) is 9.93. The smallest absolute Gasteiger partial charge is 0.144 e. The summed E-state index contributed by atoms with van der Waals surface area (Å²) in [6.07, 6.45) is 1.42. The van der Waals surface area contributed by atoms with Gasteiger partial charge in [0.1, 0.15) is 5.78 Å². The van der Waals surface area contributed by atoms with Crippen LogP contribution in [0.2, 0.25) is 0 Å². The monoisotopic (exact) mass is 244 g/mol. The van der Waals surface area contributed by atoms with Crippen molar-refractivity contribution in [1.29, 1.82) is 0 Å². The Morgan fingerprint density at radius 2 is 2.00 bits per heavy atom. The number of benzene rings is 1. The quantitative estimate of drug-likeness (QED) is 0.775. The molecule has 0 spiro atoms. The third kappa shape index (κ3) is 3.04. The summed E-state index contributed by atoms with van der Waals surface area (Å²) in [6.45, 7) is 2.07. The van der Waals surface area contributed by atoms with Gasteiger partial charge in [0, 0.05) is 12.3 Å². The van der Waals surface area contributed by atoms with Crippen LogP contribution in [0, 0.1) is 0 Å². The average Bonchev–Trinajstić information content (AvgIpc) is 2.84. The van der Waals surface area contributed by atoms with E-state index in [9.17, 15) is 4.79 Å². The lowest BCUT2D eigenvalue weighted by Crippen LogP contribution is -2.14. The predicted molar refractivity (Wildman–Crippen MR) is 72.5 cm³/mol. The average molecular weight is 244 g/mol. The van der Waals surface area contributed by atoms with Gasteiger partial charge in [-0.3, -0.25) is 4.79 Å². The Balaban J connectivity index is 2.11. The third-order valence-corrected chi connectivity index (χ3v) is 3.69. The van der Waals surface area contributed by atoms with Crippen molar-refractivity contribution in [3.63, 3.8) is 0 Å². The standard InChI is InChI=1S/C15H16OS/c1-2-14(13-6-4-3-5-7-13)15(16)10-12-8-9-17-11-12/h3-9,11,14H,2,10H2,1H3. The first-order valence-corrected chi connectivity index (χ1v) is 6.84.